The Labute approximate surface area is 96.1 Å². The predicted octanol–water partition coefficient (Wildman–Crippen LogP) is 2.46. The van der Waals surface area contributed by atoms with E-state index in [2.05, 4.69) is 0 Å². The molecule has 0 aliphatic heterocycles. The number of aliphatic hydroxyl groups is 1. The first-order valence-electron chi connectivity index (χ1n) is 5.18. The Morgan fingerprint density at radius 1 is 1.47 bits per heavy atom. The molecule has 1 aromatic carbocycles. The highest BCUT2D eigenvalue weighted by atomic mass is 35.5. The van der Waals surface area contributed by atoms with E-state index in [1.165, 1.54) is 0 Å². The predicted molar refractivity (Wildman–Crippen MR) is 64.3 cm³/mol. The number of halogens is 1. The number of aryl methyl sites for hydroxylation is 1. The Morgan fingerprint density at radius 2 is 2.13 bits per heavy atom. The molecule has 2 unspecified atom stereocenters. The summed E-state index contributed by atoms with van der Waals surface area (Å²) < 4.78 is 0. The van der Waals surface area contributed by atoms with Crippen molar-refractivity contribution in [3.05, 3.63) is 34.3 Å². The summed E-state index contributed by atoms with van der Waals surface area (Å²) in [5, 5.41) is 9.74. The van der Waals surface area contributed by atoms with Crippen molar-refractivity contribution in [2.24, 2.45) is 5.73 Å². The van der Waals surface area contributed by atoms with Gasteiger partial charge in [0.15, 0.2) is 0 Å². The molecule has 1 aromatic rings. The van der Waals surface area contributed by atoms with Crippen molar-refractivity contribution in [1.29, 1.82) is 0 Å². The molecule has 84 valence electrons. The number of benzene rings is 1. The average molecular weight is 228 g/mol. The van der Waals surface area contributed by atoms with E-state index >= 15 is 0 Å². The smallest absolute Gasteiger partial charge is 0.0438 e. The number of rotatable bonds is 4. The van der Waals surface area contributed by atoms with E-state index in [0.717, 1.165) is 16.1 Å². The molecule has 15 heavy (non-hydrogen) atoms. The zero-order chi connectivity index (χ0) is 11.4. The lowest BCUT2D eigenvalue weighted by Crippen LogP contribution is -2.25. The normalized spacial score (nSPS) is 15.0. The van der Waals surface area contributed by atoms with Gasteiger partial charge in [0.2, 0.25) is 0 Å². The van der Waals surface area contributed by atoms with Gasteiger partial charge < -0.3 is 10.8 Å². The number of aliphatic hydroxyl groups excluding tert-OH is 1. The lowest BCUT2D eigenvalue weighted by atomic mass is 9.90. The molecule has 3 N–H and O–H groups in total. The summed E-state index contributed by atoms with van der Waals surface area (Å²) in [6.45, 7) is 4.07. The summed E-state index contributed by atoms with van der Waals surface area (Å²) in [6.07, 6.45) is 0.678. The minimum atomic E-state index is 0.0240. The number of hydrogen-bond acceptors (Lipinski definition) is 2. The van der Waals surface area contributed by atoms with Gasteiger partial charge >= 0.3 is 0 Å². The first-order valence-corrected chi connectivity index (χ1v) is 5.56. The molecule has 0 radical (unpaired) electrons. The molecule has 1 rings (SSSR count). The summed E-state index contributed by atoms with van der Waals surface area (Å²) >= 11 is 6.06. The van der Waals surface area contributed by atoms with Crippen molar-refractivity contribution in [3.8, 4) is 0 Å². The van der Waals surface area contributed by atoms with E-state index in [1.54, 1.807) is 0 Å². The van der Waals surface area contributed by atoms with Crippen molar-refractivity contribution in [3.63, 3.8) is 0 Å². The first-order chi connectivity index (χ1) is 7.06. The van der Waals surface area contributed by atoms with Gasteiger partial charge in [0.05, 0.1) is 0 Å². The molecule has 0 aliphatic carbocycles. The third-order valence-electron chi connectivity index (χ3n) is 2.70. The Balaban J connectivity index is 2.95. The molecule has 0 aliphatic rings. The van der Waals surface area contributed by atoms with E-state index < -0.39 is 0 Å². The van der Waals surface area contributed by atoms with Crippen molar-refractivity contribution >= 4 is 11.6 Å². The molecule has 2 atom stereocenters. The van der Waals surface area contributed by atoms with Gasteiger partial charge in [0, 0.05) is 23.6 Å². The van der Waals surface area contributed by atoms with Crippen LogP contribution in [0.3, 0.4) is 0 Å². The topological polar surface area (TPSA) is 46.2 Å². The van der Waals surface area contributed by atoms with E-state index in [0.29, 0.717) is 6.42 Å². The van der Waals surface area contributed by atoms with Gasteiger partial charge in [0.1, 0.15) is 0 Å². The maximum atomic E-state index is 8.98. The van der Waals surface area contributed by atoms with Crippen LogP contribution in [0.15, 0.2) is 18.2 Å². The van der Waals surface area contributed by atoms with Gasteiger partial charge in [-0.05, 0) is 37.5 Å². The van der Waals surface area contributed by atoms with Crippen LogP contribution in [-0.4, -0.2) is 17.8 Å². The summed E-state index contributed by atoms with van der Waals surface area (Å²) in [6, 6.07) is 5.99. The van der Waals surface area contributed by atoms with Crippen molar-refractivity contribution in [2.75, 3.05) is 6.61 Å². The molecule has 0 fully saturated rings. The molecule has 0 heterocycles. The SMILES string of the molecule is Cc1ccc(C(CCO)C(C)N)cc1Cl. The van der Waals surface area contributed by atoms with Gasteiger partial charge in [-0.15, -0.1) is 0 Å². The molecule has 2 nitrogen and oxygen atoms in total. The quantitative estimate of drug-likeness (QED) is 0.830. The first kappa shape index (κ1) is 12.5. The highest BCUT2D eigenvalue weighted by molar-refractivity contribution is 6.31. The minimum absolute atomic E-state index is 0.0240. The lowest BCUT2D eigenvalue weighted by molar-refractivity contribution is 0.269. The van der Waals surface area contributed by atoms with Crippen LogP contribution in [0, 0.1) is 6.92 Å². The number of hydrogen-bond donors (Lipinski definition) is 2. The van der Waals surface area contributed by atoms with Gasteiger partial charge in [-0.2, -0.15) is 0 Å². The molecule has 0 saturated heterocycles. The van der Waals surface area contributed by atoms with Crippen LogP contribution in [0.25, 0.3) is 0 Å². The molecule has 0 aromatic heterocycles. The zero-order valence-electron chi connectivity index (χ0n) is 9.20. The molecule has 0 saturated carbocycles. The van der Waals surface area contributed by atoms with Crippen molar-refractivity contribution in [2.45, 2.75) is 32.2 Å². The second-order valence-corrected chi connectivity index (χ2v) is 4.39. The van der Waals surface area contributed by atoms with Crippen LogP contribution in [0.4, 0.5) is 0 Å². The highest BCUT2D eigenvalue weighted by Crippen LogP contribution is 2.26. The van der Waals surface area contributed by atoms with Crippen molar-refractivity contribution in [1.82, 2.24) is 0 Å². The molecule has 0 spiro atoms. The Morgan fingerprint density at radius 3 is 2.60 bits per heavy atom. The Kier molecular flexibility index (Phi) is 4.58. The fourth-order valence-electron chi connectivity index (χ4n) is 1.71. The maximum absolute atomic E-state index is 8.98. The third kappa shape index (κ3) is 3.20. The van der Waals surface area contributed by atoms with E-state index in [-0.39, 0.29) is 18.6 Å². The Hall–Kier alpha value is -0.570. The average Bonchev–Trinajstić information content (AvgIpc) is 2.18. The lowest BCUT2D eigenvalue weighted by Gasteiger charge is -2.20. The largest absolute Gasteiger partial charge is 0.396 e. The fourth-order valence-corrected chi connectivity index (χ4v) is 1.90. The molecular weight excluding hydrogens is 210 g/mol. The Bertz CT molecular complexity index is 325. The maximum Gasteiger partial charge on any atom is 0.0438 e. The summed E-state index contributed by atoms with van der Waals surface area (Å²) in [7, 11) is 0. The zero-order valence-corrected chi connectivity index (χ0v) is 9.96. The van der Waals surface area contributed by atoms with Crippen LogP contribution in [0.5, 0.6) is 0 Å². The van der Waals surface area contributed by atoms with Gasteiger partial charge in [0.25, 0.3) is 0 Å². The van der Waals surface area contributed by atoms with Crippen LogP contribution >= 0.6 is 11.6 Å². The summed E-state index contributed by atoms with van der Waals surface area (Å²) in [4.78, 5) is 0. The van der Waals surface area contributed by atoms with Gasteiger partial charge in [-0.25, -0.2) is 0 Å². The van der Waals surface area contributed by atoms with Gasteiger partial charge in [-0.3, -0.25) is 0 Å². The minimum Gasteiger partial charge on any atom is -0.396 e. The van der Waals surface area contributed by atoms with E-state index in [9.17, 15) is 0 Å². The van der Waals surface area contributed by atoms with E-state index in [4.69, 9.17) is 22.4 Å². The van der Waals surface area contributed by atoms with Gasteiger partial charge in [-0.1, -0.05) is 23.7 Å². The van der Waals surface area contributed by atoms with Crippen LogP contribution in [0.2, 0.25) is 5.02 Å². The summed E-state index contributed by atoms with van der Waals surface area (Å²) in [5.74, 6) is 0.174. The van der Waals surface area contributed by atoms with E-state index in [1.807, 2.05) is 32.0 Å². The highest BCUT2D eigenvalue weighted by Gasteiger charge is 2.16. The molecular formula is C12H18ClNO. The second kappa shape index (κ2) is 5.50. The van der Waals surface area contributed by atoms with Crippen molar-refractivity contribution < 1.29 is 5.11 Å². The monoisotopic (exact) mass is 227 g/mol. The second-order valence-electron chi connectivity index (χ2n) is 3.99. The van der Waals surface area contributed by atoms with Crippen LogP contribution in [-0.2, 0) is 0 Å². The third-order valence-corrected chi connectivity index (χ3v) is 3.11. The van der Waals surface area contributed by atoms with Crippen LogP contribution < -0.4 is 5.73 Å². The molecule has 0 amide bonds. The molecule has 0 bridgehead atoms. The summed E-state index contributed by atoms with van der Waals surface area (Å²) in [5.41, 5.74) is 8.06. The fraction of sp³-hybridized carbons (Fsp3) is 0.500. The number of nitrogens with two attached hydrogens (primary N) is 1. The van der Waals surface area contributed by atoms with Crippen LogP contribution in [0.1, 0.15) is 30.4 Å². The standard InChI is InChI=1S/C12H18ClNO/c1-8-3-4-10(7-12(8)13)11(5-6-15)9(2)14/h3-4,7,9,11,15H,5-6,14H2,1-2H3. The molecule has 3 heteroatoms.